The number of Topliss-reactive ketones (excluding diaryl/α,β-unsaturated/α-hetero) is 1. The van der Waals surface area contributed by atoms with E-state index in [2.05, 4.69) is 0 Å². The quantitative estimate of drug-likeness (QED) is 0.631. The number of hydrogen-bond acceptors (Lipinski definition) is 3. The Morgan fingerprint density at radius 3 is 2.31 bits per heavy atom. The van der Waals surface area contributed by atoms with Gasteiger partial charge in [-0.2, -0.15) is 0 Å². The van der Waals surface area contributed by atoms with Gasteiger partial charge in [0.1, 0.15) is 0 Å². The maximum atomic E-state index is 13.4. The first-order valence-electron chi connectivity index (χ1n) is 9.40. The molecule has 4 nitrogen and oxygen atoms in total. The van der Waals surface area contributed by atoms with Crippen molar-refractivity contribution in [3.63, 3.8) is 0 Å². The first-order chi connectivity index (χ1) is 13.9. The van der Waals surface area contributed by atoms with Crippen molar-refractivity contribution in [1.29, 1.82) is 0 Å². The molecule has 0 aliphatic carbocycles. The molecule has 1 N–H and O–H groups in total. The number of rotatable bonds is 5. The summed E-state index contributed by atoms with van der Waals surface area (Å²) in [6.07, 6.45) is 0. The van der Waals surface area contributed by atoms with Gasteiger partial charge in [-0.1, -0.05) is 67.1 Å². The lowest BCUT2D eigenvalue weighted by Gasteiger charge is -2.28. The third-order valence-corrected chi connectivity index (χ3v) is 5.76. The highest BCUT2D eigenvalue weighted by atomic mass is 35.5. The lowest BCUT2D eigenvalue weighted by Crippen LogP contribution is -2.47. The molecule has 0 aromatic heterocycles. The molecule has 0 saturated carbocycles. The Morgan fingerprint density at radius 2 is 1.62 bits per heavy atom. The molecule has 1 heterocycles. The smallest absolute Gasteiger partial charge is 0.264 e. The van der Waals surface area contributed by atoms with Gasteiger partial charge in [-0.3, -0.25) is 9.59 Å². The Hall–Kier alpha value is -2.95. The minimum atomic E-state index is -1.93. The Labute approximate surface area is 174 Å². The lowest BCUT2D eigenvalue weighted by molar-refractivity contribution is -0.139. The number of anilines is 1. The van der Waals surface area contributed by atoms with Crippen LogP contribution in [-0.2, 0) is 16.9 Å². The van der Waals surface area contributed by atoms with Gasteiger partial charge < -0.3 is 10.0 Å². The van der Waals surface area contributed by atoms with Crippen molar-refractivity contribution in [1.82, 2.24) is 0 Å². The lowest BCUT2D eigenvalue weighted by atomic mass is 9.79. The third-order valence-electron chi connectivity index (χ3n) is 5.51. The van der Waals surface area contributed by atoms with E-state index in [0.29, 0.717) is 28.4 Å². The van der Waals surface area contributed by atoms with Crippen LogP contribution in [0.3, 0.4) is 0 Å². The van der Waals surface area contributed by atoms with E-state index in [-0.39, 0.29) is 5.78 Å². The first kappa shape index (κ1) is 19.4. The van der Waals surface area contributed by atoms with Crippen molar-refractivity contribution in [2.75, 3.05) is 4.90 Å². The highest BCUT2D eigenvalue weighted by molar-refractivity contribution is 6.30. The highest BCUT2D eigenvalue weighted by Crippen LogP contribution is 2.46. The molecule has 5 heteroatoms. The number of carbonyl (C=O) groups is 2. The number of carbonyl (C=O) groups excluding carboxylic acids is 2. The zero-order chi connectivity index (χ0) is 20.6. The van der Waals surface area contributed by atoms with Crippen LogP contribution in [0.15, 0.2) is 78.9 Å². The Bertz CT molecular complexity index is 1060. The van der Waals surface area contributed by atoms with Crippen molar-refractivity contribution in [2.24, 2.45) is 5.92 Å². The summed E-state index contributed by atoms with van der Waals surface area (Å²) in [4.78, 5) is 28.1. The van der Waals surface area contributed by atoms with Gasteiger partial charge in [0, 0.05) is 16.1 Å². The van der Waals surface area contributed by atoms with E-state index in [1.54, 1.807) is 54.3 Å². The third kappa shape index (κ3) is 3.24. The number of nitrogens with zero attached hydrogens (tertiary/aromatic N) is 1. The number of amides is 1. The monoisotopic (exact) mass is 405 g/mol. The van der Waals surface area contributed by atoms with E-state index in [1.807, 2.05) is 36.4 Å². The minimum absolute atomic E-state index is 0.311. The average Bonchev–Trinajstić information content (AvgIpc) is 2.97. The highest BCUT2D eigenvalue weighted by Gasteiger charge is 2.55. The fraction of sp³-hybridized carbons (Fsp3) is 0.167. The summed E-state index contributed by atoms with van der Waals surface area (Å²) in [6.45, 7) is 1.92. The summed E-state index contributed by atoms with van der Waals surface area (Å²) in [5.74, 6) is -1.76. The molecular weight excluding hydrogens is 386 g/mol. The Morgan fingerprint density at radius 1 is 1.00 bits per heavy atom. The molecule has 146 valence electrons. The summed E-state index contributed by atoms with van der Waals surface area (Å²) in [5.41, 5.74) is 0.497. The number of fused-ring (bicyclic) bond motifs is 1. The second-order valence-electron chi connectivity index (χ2n) is 7.25. The van der Waals surface area contributed by atoms with Gasteiger partial charge >= 0.3 is 0 Å². The normalized spacial score (nSPS) is 19.1. The second-order valence-corrected chi connectivity index (χ2v) is 7.69. The van der Waals surface area contributed by atoms with Crippen LogP contribution < -0.4 is 4.90 Å². The van der Waals surface area contributed by atoms with Crippen molar-refractivity contribution < 1.29 is 14.7 Å². The van der Waals surface area contributed by atoms with Crippen LogP contribution in [0.25, 0.3) is 0 Å². The zero-order valence-corrected chi connectivity index (χ0v) is 16.6. The van der Waals surface area contributed by atoms with Crippen LogP contribution in [0.4, 0.5) is 5.69 Å². The number of halogens is 1. The SMILES string of the molecule is C[C@@H](C(=O)c1ccc(Cl)cc1)[C@@]1(O)C(=O)N(Cc2ccccc2)c2ccccc21. The van der Waals surface area contributed by atoms with E-state index >= 15 is 0 Å². The van der Waals surface area contributed by atoms with Crippen LogP contribution in [0.2, 0.25) is 5.02 Å². The minimum Gasteiger partial charge on any atom is -0.375 e. The molecular formula is C24H20ClNO3. The molecule has 2 atom stereocenters. The van der Waals surface area contributed by atoms with Gasteiger partial charge in [-0.25, -0.2) is 0 Å². The number of para-hydroxylation sites is 1. The molecule has 0 radical (unpaired) electrons. The van der Waals surface area contributed by atoms with Crippen molar-refractivity contribution in [3.8, 4) is 0 Å². The van der Waals surface area contributed by atoms with E-state index in [1.165, 1.54) is 0 Å². The molecule has 0 fully saturated rings. The molecule has 1 amide bonds. The predicted octanol–water partition coefficient (Wildman–Crippen LogP) is 4.59. The summed E-state index contributed by atoms with van der Waals surface area (Å²) >= 11 is 5.92. The van der Waals surface area contributed by atoms with E-state index < -0.39 is 17.4 Å². The molecule has 3 aromatic carbocycles. The van der Waals surface area contributed by atoms with Gasteiger partial charge in [-0.05, 0) is 35.9 Å². The molecule has 0 unspecified atom stereocenters. The molecule has 0 bridgehead atoms. The standard InChI is InChI=1S/C24H20ClNO3/c1-16(22(27)18-11-13-19(25)14-12-18)24(29)20-9-5-6-10-21(20)26(23(24)28)15-17-7-3-2-4-8-17/h2-14,16,29H,15H2,1H3/t16-,24-/m0/s1. The largest absolute Gasteiger partial charge is 0.375 e. The van der Waals surface area contributed by atoms with Crippen LogP contribution in [-0.4, -0.2) is 16.8 Å². The maximum Gasteiger partial charge on any atom is 0.264 e. The summed E-state index contributed by atoms with van der Waals surface area (Å²) in [6, 6.07) is 23.1. The van der Waals surface area contributed by atoms with Crippen molar-refractivity contribution in [2.45, 2.75) is 19.1 Å². The van der Waals surface area contributed by atoms with Crippen LogP contribution in [0.5, 0.6) is 0 Å². The zero-order valence-electron chi connectivity index (χ0n) is 15.9. The van der Waals surface area contributed by atoms with Crippen LogP contribution in [0, 0.1) is 5.92 Å². The number of hydrogen-bond donors (Lipinski definition) is 1. The Kier molecular flexibility index (Phi) is 4.99. The van der Waals surface area contributed by atoms with Gasteiger partial charge in [-0.15, -0.1) is 0 Å². The van der Waals surface area contributed by atoms with Gasteiger partial charge in [0.15, 0.2) is 11.4 Å². The topological polar surface area (TPSA) is 57.6 Å². The van der Waals surface area contributed by atoms with Crippen LogP contribution in [0.1, 0.15) is 28.4 Å². The van der Waals surface area contributed by atoms with Crippen LogP contribution >= 0.6 is 11.6 Å². The predicted molar refractivity (Wildman–Crippen MR) is 113 cm³/mol. The Balaban J connectivity index is 1.73. The summed E-state index contributed by atoms with van der Waals surface area (Å²) in [7, 11) is 0. The average molecular weight is 406 g/mol. The first-order valence-corrected chi connectivity index (χ1v) is 9.78. The number of aliphatic hydroxyl groups is 1. The summed E-state index contributed by atoms with van der Waals surface area (Å²) < 4.78 is 0. The molecule has 1 aliphatic rings. The summed E-state index contributed by atoms with van der Waals surface area (Å²) in [5, 5.41) is 12.1. The maximum absolute atomic E-state index is 13.4. The number of benzene rings is 3. The van der Waals surface area contributed by atoms with E-state index in [4.69, 9.17) is 11.6 Å². The fourth-order valence-corrected chi connectivity index (χ4v) is 3.98. The molecule has 3 aromatic rings. The van der Waals surface area contributed by atoms with Gasteiger partial charge in [0.2, 0.25) is 0 Å². The fourth-order valence-electron chi connectivity index (χ4n) is 3.86. The molecule has 1 aliphatic heterocycles. The van der Waals surface area contributed by atoms with E-state index in [9.17, 15) is 14.7 Å². The second kappa shape index (κ2) is 7.47. The molecule has 0 spiro atoms. The van der Waals surface area contributed by atoms with E-state index in [0.717, 1.165) is 5.56 Å². The molecule has 4 rings (SSSR count). The van der Waals surface area contributed by atoms with Crippen molar-refractivity contribution in [3.05, 3.63) is 101 Å². The molecule has 0 saturated heterocycles. The molecule has 29 heavy (non-hydrogen) atoms. The van der Waals surface area contributed by atoms with Crippen molar-refractivity contribution >= 4 is 29.0 Å². The van der Waals surface area contributed by atoms with Gasteiger partial charge in [0.25, 0.3) is 5.91 Å². The number of ketones is 1. The van der Waals surface area contributed by atoms with Gasteiger partial charge in [0.05, 0.1) is 18.2 Å².